The summed E-state index contributed by atoms with van der Waals surface area (Å²) in [6.45, 7) is 2.74. The molecule has 3 nitrogen and oxygen atoms in total. The van der Waals surface area contributed by atoms with Gasteiger partial charge in [0.1, 0.15) is 5.38 Å². The van der Waals surface area contributed by atoms with Gasteiger partial charge in [-0.25, -0.2) is 0 Å². The van der Waals surface area contributed by atoms with Gasteiger partial charge in [-0.15, -0.1) is 11.6 Å². The van der Waals surface area contributed by atoms with Gasteiger partial charge in [0, 0.05) is 19.7 Å². The maximum atomic E-state index is 8.98. The van der Waals surface area contributed by atoms with Crippen LogP contribution in [0.25, 0.3) is 0 Å². The van der Waals surface area contributed by atoms with E-state index in [-0.39, 0.29) is 6.61 Å². The number of hydrogen-bond donors (Lipinski definition) is 1. The van der Waals surface area contributed by atoms with Gasteiger partial charge in [-0.3, -0.25) is 0 Å². The van der Waals surface area contributed by atoms with Crippen molar-refractivity contribution in [2.24, 2.45) is 5.92 Å². The number of aliphatic hydroxyl groups is 1. The Balaban J connectivity index is 2.30. The summed E-state index contributed by atoms with van der Waals surface area (Å²) in [6.07, 6.45) is 2.19. The molecule has 1 rings (SSSR count). The average Bonchev–Trinajstić information content (AvgIpc) is 2.18. The molecule has 0 amide bonds. The molecule has 1 fully saturated rings. The molecule has 1 aliphatic rings. The van der Waals surface area contributed by atoms with Crippen molar-refractivity contribution >= 4 is 11.6 Å². The third-order valence-electron chi connectivity index (χ3n) is 2.42. The molecule has 0 spiro atoms. The lowest BCUT2D eigenvalue weighted by atomic mass is 9.99. The molecule has 1 N–H and O–H groups in total. The lowest BCUT2D eigenvalue weighted by Crippen LogP contribution is -2.39. The van der Waals surface area contributed by atoms with Crippen LogP contribution in [0.1, 0.15) is 12.8 Å². The van der Waals surface area contributed by atoms with Crippen molar-refractivity contribution < 1.29 is 5.11 Å². The first-order valence-electron chi connectivity index (χ1n) is 4.63. The predicted octanol–water partition coefficient (Wildman–Crippen LogP) is 0.822. The maximum Gasteiger partial charge on any atom is 0.133 e. The summed E-state index contributed by atoms with van der Waals surface area (Å²) in [5, 5.41) is 17.1. The lowest BCUT2D eigenvalue weighted by molar-refractivity contribution is 0.123. The van der Waals surface area contributed by atoms with E-state index in [1.807, 2.05) is 6.07 Å². The molecule has 13 heavy (non-hydrogen) atoms. The van der Waals surface area contributed by atoms with Crippen LogP contribution in [0, 0.1) is 17.2 Å². The monoisotopic (exact) mass is 202 g/mol. The topological polar surface area (TPSA) is 47.3 Å². The van der Waals surface area contributed by atoms with Gasteiger partial charge < -0.3 is 10.0 Å². The van der Waals surface area contributed by atoms with Crippen LogP contribution in [0.3, 0.4) is 0 Å². The lowest BCUT2D eigenvalue weighted by Gasteiger charge is -2.31. The fraction of sp³-hybridized carbons (Fsp3) is 0.889. The van der Waals surface area contributed by atoms with Crippen molar-refractivity contribution in [3.8, 4) is 6.07 Å². The number of rotatable bonds is 3. The Morgan fingerprint density at radius 2 is 2.46 bits per heavy atom. The second-order valence-electron chi connectivity index (χ2n) is 3.55. The average molecular weight is 203 g/mol. The van der Waals surface area contributed by atoms with Gasteiger partial charge in [0.25, 0.3) is 0 Å². The minimum Gasteiger partial charge on any atom is -0.396 e. The molecule has 0 aromatic heterocycles. The Bertz CT molecular complexity index is 193. The molecule has 0 aliphatic carbocycles. The van der Waals surface area contributed by atoms with Crippen LogP contribution >= 0.6 is 11.6 Å². The first-order chi connectivity index (χ1) is 6.26. The maximum absolute atomic E-state index is 8.98. The van der Waals surface area contributed by atoms with E-state index >= 15 is 0 Å². The first kappa shape index (κ1) is 10.8. The first-order valence-corrected chi connectivity index (χ1v) is 5.06. The Kier molecular flexibility index (Phi) is 4.51. The highest BCUT2D eigenvalue weighted by Crippen LogP contribution is 2.16. The van der Waals surface area contributed by atoms with Crippen LogP contribution < -0.4 is 0 Å². The summed E-state index contributed by atoms with van der Waals surface area (Å²) in [4.78, 5) is 2.16. The Labute approximate surface area is 83.9 Å². The normalized spacial score (nSPS) is 26.7. The molecule has 2 unspecified atom stereocenters. The predicted molar refractivity (Wildman–Crippen MR) is 51.5 cm³/mol. The summed E-state index contributed by atoms with van der Waals surface area (Å²) < 4.78 is 0. The zero-order valence-electron chi connectivity index (χ0n) is 7.62. The van der Waals surface area contributed by atoms with Crippen LogP contribution in [0.2, 0.25) is 0 Å². The highest BCUT2D eigenvalue weighted by molar-refractivity contribution is 6.22. The van der Waals surface area contributed by atoms with Gasteiger partial charge in [0.15, 0.2) is 0 Å². The minimum atomic E-state index is -0.419. The van der Waals surface area contributed by atoms with Crippen LogP contribution in [-0.2, 0) is 0 Å². The van der Waals surface area contributed by atoms with Gasteiger partial charge in [0.2, 0.25) is 0 Å². The number of piperidine rings is 1. The summed E-state index contributed by atoms with van der Waals surface area (Å²) >= 11 is 5.72. The number of alkyl halides is 1. The second-order valence-corrected chi connectivity index (χ2v) is 4.07. The highest BCUT2D eigenvalue weighted by atomic mass is 35.5. The fourth-order valence-electron chi connectivity index (χ4n) is 1.73. The van der Waals surface area contributed by atoms with E-state index in [1.54, 1.807) is 0 Å². The number of nitriles is 1. The zero-order chi connectivity index (χ0) is 9.68. The van der Waals surface area contributed by atoms with Crippen molar-refractivity contribution in [1.82, 2.24) is 4.90 Å². The van der Waals surface area contributed by atoms with Gasteiger partial charge in [-0.05, 0) is 25.3 Å². The SMILES string of the molecule is N#CC(Cl)CN1CCCC(CO)C1. The molecule has 1 aliphatic heterocycles. The molecule has 0 saturated carbocycles. The smallest absolute Gasteiger partial charge is 0.133 e. The molecular formula is C9H15ClN2O. The number of nitrogens with zero attached hydrogens (tertiary/aromatic N) is 2. The Morgan fingerprint density at radius 1 is 1.69 bits per heavy atom. The van der Waals surface area contributed by atoms with Crippen LogP contribution in [0.15, 0.2) is 0 Å². The van der Waals surface area contributed by atoms with Crippen LogP contribution in [0.4, 0.5) is 0 Å². The molecule has 0 bridgehead atoms. The van der Waals surface area contributed by atoms with Crippen LogP contribution in [0.5, 0.6) is 0 Å². The Morgan fingerprint density at radius 3 is 3.08 bits per heavy atom. The van der Waals surface area contributed by atoms with Crippen molar-refractivity contribution in [3.05, 3.63) is 0 Å². The summed E-state index contributed by atoms with van der Waals surface area (Å²) in [5.74, 6) is 0.372. The number of likely N-dealkylation sites (tertiary alicyclic amines) is 1. The third-order valence-corrected chi connectivity index (χ3v) is 2.66. The number of halogens is 1. The van der Waals surface area contributed by atoms with E-state index < -0.39 is 5.38 Å². The van der Waals surface area contributed by atoms with Crippen molar-refractivity contribution in [2.75, 3.05) is 26.2 Å². The number of hydrogen-bond acceptors (Lipinski definition) is 3. The standard InChI is InChI=1S/C9H15ClN2O/c10-9(4-11)6-12-3-1-2-8(5-12)7-13/h8-9,13H,1-3,5-7H2. The quantitative estimate of drug-likeness (QED) is 0.690. The molecule has 74 valence electrons. The summed E-state index contributed by atoms with van der Waals surface area (Å²) in [5.41, 5.74) is 0. The van der Waals surface area contributed by atoms with E-state index in [0.717, 1.165) is 25.9 Å². The van der Waals surface area contributed by atoms with E-state index in [4.69, 9.17) is 22.0 Å². The zero-order valence-corrected chi connectivity index (χ0v) is 8.37. The van der Waals surface area contributed by atoms with Crippen molar-refractivity contribution in [3.63, 3.8) is 0 Å². The molecule has 0 radical (unpaired) electrons. The van der Waals surface area contributed by atoms with E-state index in [9.17, 15) is 0 Å². The molecule has 1 heterocycles. The molecule has 4 heteroatoms. The van der Waals surface area contributed by atoms with Gasteiger partial charge in [-0.2, -0.15) is 5.26 Å². The molecule has 0 aromatic rings. The summed E-state index contributed by atoms with van der Waals surface area (Å²) in [7, 11) is 0. The van der Waals surface area contributed by atoms with Gasteiger partial charge in [-0.1, -0.05) is 0 Å². The van der Waals surface area contributed by atoms with Gasteiger partial charge in [0.05, 0.1) is 6.07 Å². The van der Waals surface area contributed by atoms with E-state index in [2.05, 4.69) is 4.90 Å². The summed E-state index contributed by atoms with van der Waals surface area (Å²) in [6, 6.07) is 2.01. The fourth-order valence-corrected chi connectivity index (χ4v) is 1.93. The molecular weight excluding hydrogens is 188 g/mol. The van der Waals surface area contributed by atoms with E-state index in [1.165, 1.54) is 0 Å². The van der Waals surface area contributed by atoms with E-state index in [0.29, 0.717) is 12.5 Å². The second kappa shape index (κ2) is 5.43. The molecule has 2 atom stereocenters. The van der Waals surface area contributed by atoms with Gasteiger partial charge >= 0.3 is 0 Å². The minimum absolute atomic E-state index is 0.246. The van der Waals surface area contributed by atoms with Crippen molar-refractivity contribution in [1.29, 1.82) is 5.26 Å². The molecule has 0 aromatic carbocycles. The highest BCUT2D eigenvalue weighted by Gasteiger charge is 2.20. The largest absolute Gasteiger partial charge is 0.396 e. The third kappa shape index (κ3) is 3.51. The molecule has 1 saturated heterocycles. The van der Waals surface area contributed by atoms with Crippen LogP contribution in [-0.4, -0.2) is 41.6 Å². The number of aliphatic hydroxyl groups excluding tert-OH is 1. The van der Waals surface area contributed by atoms with Crippen molar-refractivity contribution in [2.45, 2.75) is 18.2 Å². The Hall–Kier alpha value is -0.300.